The minimum Gasteiger partial charge on any atom is -0.496 e. The summed E-state index contributed by atoms with van der Waals surface area (Å²) in [6.45, 7) is 6.48. The number of benzene rings is 1. The maximum atomic E-state index is 12.9. The van der Waals surface area contributed by atoms with E-state index in [1.807, 2.05) is 18.2 Å². The molecule has 0 bridgehead atoms. The van der Waals surface area contributed by atoms with Gasteiger partial charge in [0.2, 0.25) is 5.91 Å². The highest BCUT2D eigenvalue weighted by Gasteiger charge is 2.57. The van der Waals surface area contributed by atoms with E-state index in [1.165, 1.54) is 0 Å². The number of para-hydroxylation sites is 1. The summed E-state index contributed by atoms with van der Waals surface area (Å²) in [6.07, 6.45) is 4.25. The van der Waals surface area contributed by atoms with Gasteiger partial charge in [-0.1, -0.05) is 32.0 Å². The average molecular weight is 367 g/mol. The first-order chi connectivity index (χ1) is 11.6. The van der Waals surface area contributed by atoms with Crippen molar-refractivity contribution in [3.8, 4) is 5.75 Å². The number of hydrogen-bond acceptors (Lipinski definition) is 3. The zero-order valence-electron chi connectivity index (χ0n) is 15.5. The van der Waals surface area contributed by atoms with Crippen LogP contribution in [0, 0.1) is 17.3 Å². The fourth-order valence-corrected chi connectivity index (χ4v) is 4.16. The number of nitrogens with one attached hydrogen (secondary N) is 2. The number of hydrogen-bond donors (Lipinski definition) is 2. The zero-order valence-corrected chi connectivity index (χ0v) is 16.3. The second-order valence-electron chi connectivity index (χ2n) is 7.80. The van der Waals surface area contributed by atoms with Crippen molar-refractivity contribution in [1.82, 2.24) is 10.6 Å². The Balaban J connectivity index is 0.00000225. The third-order valence-corrected chi connectivity index (χ3v) is 5.64. The fraction of sp³-hybridized carbons (Fsp3) is 0.650. The fourth-order valence-electron chi connectivity index (χ4n) is 4.16. The first-order valence-electron chi connectivity index (χ1n) is 9.20. The van der Waals surface area contributed by atoms with Gasteiger partial charge < -0.3 is 15.4 Å². The Morgan fingerprint density at radius 1 is 1.32 bits per heavy atom. The highest BCUT2D eigenvalue weighted by Crippen LogP contribution is 2.58. The number of methoxy groups -OCH3 is 1. The smallest absolute Gasteiger partial charge is 0.224 e. The molecular weight excluding hydrogens is 336 g/mol. The lowest BCUT2D eigenvalue weighted by molar-refractivity contribution is -0.124. The largest absolute Gasteiger partial charge is 0.496 e. The molecule has 5 heteroatoms. The number of rotatable bonds is 6. The van der Waals surface area contributed by atoms with Crippen LogP contribution in [-0.2, 0) is 4.79 Å². The Bertz CT molecular complexity index is 585. The predicted molar refractivity (Wildman–Crippen MR) is 103 cm³/mol. The molecule has 2 N–H and O–H groups in total. The minimum absolute atomic E-state index is 0. The van der Waals surface area contributed by atoms with Crippen LogP contribution in [0.3, 0.4) is 0 Å². The predicted octanol–water partition coefficient (Wildman–Crippen LogP) is 3.71. The van der Waals surface area contributed by atoms with Crippen molar-refractivity contribution in [2.24, 2.45) is 17.3 Å². The van der Waals surface area contributed by atoms with Crippen LogP contribution in [0.2, 0.25) is 0 Å². The van der Waals surface area contributed by atoms with Crippen molar-refractivity contribution in [2.45, 2.75) is 45.6 Å². The Hall–Kier alpha value is -1.26. The summed E-state index contributed by atoms with van der Waals surface area (Å²) in [4.78, 5) is 12.9. The molecule has 3 rings (SSSR count). The second kappa shape index (κ2) is 8.41. The van der Waals surface area contributed by atoms with Crippen molar-refractivity contribution >= 4 is 18.3 Å². The maximum Gasteiger partial charge on any atom is 0.224 e. The van der Waals surface area contributed by atoms with E-state index >= 15 is 0 Å². The Labute approximate surface area is 157 Å². The van der Waals surface area contributed by atoms with Gasteiger partial charge >= 0.3 is 0 Å². The van der Waals surface area contributed by atoms with Crippen LogP contribution in [0.5, 0.6) is 5.75 Å². The molecule has 1 aliphatic carbocycles. The molecular formula is C20H31ClN2O2. The standard InChI is InChI=1S/C20H30N2O2.ClH/c1-14(2)12-17(15-6-4-5-7-18(15)24-3)22-19(23)16-13-20(16)8-10-21-11-9-20;/h4-7,14,16-17,21H,8-13H2,1-3H3,(H,22,23);1H. The van der Waals surface area contributed by atoms with Gasteiger partial charge in [0.1, 0.15) is 5.75 Å². The maximum absolute atomic E-state index is 12.9. The minimum atomic E-state index is 0. The molecule has 1 aliphatic heterocycles. The van der Waals surface area contributed by atoms with Crippen molar-refractivity contribution in [2.75, 3.05) is 20.2 Å². The van der Waals surface area contributed by atoms with Crippen LogP contribution in [0.15, 0.2) is 24.3 Å². The molecule has 0 radical (unpaired) electrons. The van der Waals surface area contributed by atoms with Gasteiger partial charge in [0, 0.05) is 11.5 Å². The lowest BCUT2D eigenvalue weighted by Crippen LogP contribution is -2.35. The molecule has 2 aliphatic rings. The van der Waals surface area contributed by atoms with Crippen LogP contribution in [0.25, 0.3) is 0 Å². The molecule has 25 heavy (non-hydrogen) atoms. The first-order valence-corrected chi connectivity index (χ1v) is 9.20. The second-order valence-corrected chi connectivity index (χ2v) is 7.80. The van der Waals surface area contributed by atoms with Crippen LogP contribution < -0.4 is 15.4 Å². The highest BCUT2D eigenvalue weighted by atomic mass is 35.5. The summed E-state index contributed by atoms with van der Waals surface area (Å²) >= 11 is 0. The number of halogens is 1. The molecule has 2 fully saturated rings. The third-order valence-electron chi connectivity index (χ3n) is 5.64. The van der Waals surface area contributed by atoms with Crippen molar-refractivity contribution in [3.05, 3.63) is 29.8 Å². The summed E-state index contributed by atoms with van der Waals surface area (Å²) in [5, 5.41) is 6.73. The molecule has 1 aromatic rings. The summed E-state index contributed by atoms with van der Waals surface area (Å²) in [7, 11) is 1.69. The first kappa shape index (κ1) is 20.1. The van der Waals surface area contributed by atoms with E-state index in [2.05, 4.69) is 30.5 Å². The molecule has 4 nitrogen and oxygen atoms in total. The molecule has 1 heterocycles. The van der Waals surface area contributed by atoms with Crippen LogP contribution >= 0.6 is 12.4 Å². The van der Waals surface area contributed by atoms with E-state index in [0.29, 0.717) is 5.92 Å². The van der Waals surface area contributed by atoms with Gasteiger partial charge in [0.05, 0.1) is 13.2 Å². The molecule has 1 saturated carbocycles. The van der Waals surface area contributed by atoms with E-state index in [1.54, 1.807) is 7.11 Å². The number of amides is 1. The molecule has 1 spiro atoms. The van der Waals surface area contributed by atoms with Crippen molar-refractivity contribution < 1.29 is 9.53 Å². The van der Waals surface area contributed by atoms with Gasteiger partial charge in [-0.05, 0) is 56.2 Å². The number of ether oxygens (including phenoxy) is 1. The normalized spacial score (nSPS) is 22.2. The quantitative estimate of drug-likeness (QED) is 0.806. The third kappa shape index (κ3) is 4.48. The highest BCUT2D eigenvalue weighted by molar-refractivity contribution is 5.85. The summed E-state index contributed by atoms with van der Waals surface area (Å²) in [5.41, 5.74) is 1.36. The van der Waals surface area contributed by atoms with E-state index < -0.39 is 0 Å². The summed E-state index contributed by atoms with van der Waals surface area (Å²) < 4.78 is 5.52. The van der Waals surface area contributed by atoms with Gasteiger partial charge in [-0.3, -0.25) is 4.79 Å². The molecule has 2 atom stereocenters. The van der Waals surface area contributed by atoms with E-state index in [9.17, 15) is 4.79 Å². The SMILES string of the molecule is COc1ccccc1C(CC(C)C)NC(=O)C1CC12CCNCC2.Cl. The zero-order chi connectivity index (χ0) is 17.2. The van der Waals surface area contributed by atoms with E-state index in [0.717, 1.165) is 50.1 Å². The summed E-state index contributed by atoms with van der Waals surface area (Å²) in [5.74, 6) is 1.79. The number of carbonyl (C=O) groups excluding carboxylic acids is 1. The van der Waals surface area contributed by atoms with Gasteiger partial charge in [-0.25, -0.2) is 0 Å². The van der Waals surface area contributed by atoms with Gasteiger partial charge in [-0.15, -0.1) is 12.4 Å². The lowest BCUT2D eigenvalue weighted by Gasteiger charge is -2.26. The topological polar surface area (TPSA) is 50.4 Å². The molecule has 140 valence electrons. The van der Waals surface area contributed by atoms with Crippen LogP contribution in [0.1, 0.15) is 51.1 Å². The molecule has 2 unspecified atom stereocenters. The van der Waals surface area contributed by atoms with Gasteiger partial charge in [0.15, 0.2) is 0 Å². The Morgan fingerprint density at radius 3 is 2.64 bits per heavy atom. The Kier molecular flexibility index (Phi) is 6.75. The number of piperidine rings is 1. The Morgan fingerprint density at radius 2 is 2.00 bits per heavy atom. The molecule has 1 saturated heterocycles. The van der Waals surface area contributed by atoms with E-state index in [4.69, 9.17) is 4.74 Å². The number of carbonyl (C=O) groups is 1. The van der Waals surface area contributed by atoms with Gasteiger partial charge in [-0.2, -0.15) is 0 Å². The molecule has 0 aromatic heterocycles. The van der Waals surface area contributed by atoms with Crippen molar-refractivity contribution in [3.63, 3.8) is 0 Å². The van der Waals surface area contributed by atoms with Crippen LogP contribution in [-0.4, -0.2) is 26.1 Å². The van der Waals surface area contributed by atoms with Crippen LogP contribution in [0.4, 0.5) is 0 Å². The molecule has 1 amide bonds. The monoisotopic (exact) mass is 366 g/mol. The van der Waals surface area contributed by atoms with E-state index in [-0.39, 0.29) is 35.7 Å². The summed E-state index contributed by atoms with van der Waals surface area (Å²) in [6, 6.07) is 8.05. The average Bonchev–Trinajstić information content (AvgIpc) is 3.27. The molecule has 1 aromatic carbocycles. The van der Waals surface area contributed by atoms with Gasteiger partial charge in [0.25, 0.3) is 0 Å². The van der Waals surface area contributed by atoms with Crippen molar-refractivity contribution in [1.29, 1.82) is 0 Å². The lowest BCUT2D eigenvalue weighted by atomic mass is 9.91.